The van der Waals surface area contributed by atoms with Gasteiger partial charge in [-0.05, 0) is 35.2 Å². The average Bonchev–Trinajstić information content (AvgIpc) is 3.23. The molecule has 164 valence electrons. The highest BCUT2D eigenvalue weighted by atomic mass is 32.2. The lowest BCUT2D eigenvalue weighted by atomic mass is 9.87. The van der Waals surface area contributed by atoms with Crippen molar-refractivity contribution in [2.24, 2.45) is 0 Å². The van der Waals surface area contributed by atoms with Gasteiger partial charge in [-0.1, -0.05) is 38.1 Å². The zero-order valence-corrected chi connectivity index (χ0v) is 18.8. The molecule has 0 aliphatic carbocycles. The average molecular weight is 442 g/mol. The van der Waals surface area contributed by atoms with Crippen LogP contribution in [0.25, 0.3) is 11.4 Å². The van der Waals surface area contributed by atoms with E-state index in [2.05, 4.69) is 40.8 Å². The number of benzene rings is 1. The minimum atomic E-state index is -3.50. The van der Waals surface area contributed by atoms with Crippen molar-refractivity contribution < 1.29 is 12.9 Å². The molecular weight excluding hydrogens is 414 g/mol. The van der Waals surface area contributed by atoms with E-state index in [9.17, 15) is 8.42 Å². The van der Waals surface area contributed by atoms with Crippen LogP contribution in [-0.4, -0.2) is 58.9 Å². The van der Waals surface area contributed by atoms with Crippen LogP contribution in [0.1, 0.15) is 32.2 Å². The largest absolute Gasteiger partial charge is 0.338 e. The summed E-state index contributed by atoms with van der Waals surface area (Å²) < 4.78 is 33.0. The van der Waals surface area contributed by atoms with Gasteiger partial charge >= 0.3 is 0 Å². The van der Waals surface area contributed by atoms with Gasteiger partial charge in [0.2, 0.25) is 21.7 Å². The molecule has 8 nitrogen and oxygen atoms in total. The second-order valence-corrected chi connectivity index (χ2v) is 10.6. The van der Waals surface area contributed by atoms with E-state index in [-0.39, 0.29) is 5.41 Å². The van der Waals surface area contributed by atoms with Crippen molar-refractivity contribution in [3.05, 3.63) is 60.2 Å². The summed E-state index contributed by atoms with van der Waals surface area (Å²) >= 11 is 0. The summed E-state index contributed by atoms with van der Waals surface area (Å²) in [5.74, 6) is 1.01. The molecule has 1 aliphatic rings. The third-order valence-electron chi connectivity index (χ3n) is 5.44. The third kappa shape index (κ3) is 4.84. The Morgan fingerprint density at radius 1 is 1.03 bits per heavy atom. The molecule has 1 aromatic carbocycles. The minimum absolute atomic E-state index is 0.0143. The highest BCUT2D eigenvalue weighted by Crippen LogP contribution is 2.25. The molecule has 0 spiro atoms. The number of nitrogens with zero attached hydrogens (tertiary/aromatic N) is 5. The quantitative estimate of drug-likeness (QED) is 0.601. The van der Waals surface area contributed by atoms with Crippen molar-refractivity contribution in [3.8, 4) is 11.4 Å². The topological polar surface area (TPSA) is 92.4 Å². The Morgan fingerprint density at radius 2 is 1.74 bits per heavy atom. The normalized spacial score (nSPS) is 16.5. The molecule has 2 aromatic heterocycles. The van der Waals surface area contributed by atoms with E-state index in [1.807, 2.05) is 24.3 Å². The van der Waals surface area contributed by atoms with Gasteiger partial charge in [0, 0.05) is 44.1 Å². The predicted molar refractivity (Wildman–Crippen MR) is 117 cm³/mol. The number of hydrogen-bond donors (Lipinski definition) is 0. The van der Waals surface area contributed by atoms with Gasteiger partial charge < -0.3 is 4.52 Å². The predicted octanol–water partition coefficient (Wildman–Crippen LogP) is 2.94. The lowest BCUT2D eigenvalue weighted by Gasteiger charge is -2.33. The molecule has 4 rings (SSSR count). The van der Waals surface area contributed by atoms with Crippen molar-refractivity contribution in [1.82, 2.24) is 24.3 Å². The number of piperazine rings is 1. The molecule has 0 N–H and O–H groups in total. The van der Waals surface area contributed by atoms with Crippen LogP contribution in [0.3, 0.4) is 0 Å². The molecule has 0 saturated carbocycles. The van der Waals surface area contributed by atoms with Gasteiger partial charge in [-0.15, -0.1) is 0 Å². The lowest BCUT2D eigenvalue weighted by molar-refractivity contribution is 0.163. The first-order valence-electron chi connectivity index (χ1n) is 10.3. The molecule has 9 heteroatoms. The first kappa shape index (κ1) is 21.6. The van der Waals surface area contributed by atoms with E-state index >= 15 is 0 Å². The van der Waals surface area contributed by atoms with Crippen LogP contribution in [-0.2, 0) is 22.0 Å². The van der Waals surface area contributed by atoms with Gasteiger partial charge in [-0.25, -0.2) is 8.42 Å². The van der Waals surface area contributed by atoms with Crippen LogP contribution in [0.15, 0.2) is 58.2 Å². The summed E-state index contributed by atoms with van der Waals surface area (Å²) in [4.78, 5) is 11.0. The van der Waals surface area contributed by atoms with Gasteiger partial charge in [0.05, 0.1) is 11.4 Å². The highest BCUT2D eigenvalue weighted by molar-refractivity contribution is 7.89. The van der Waals surface area contributed by atoms with Gasteiger partial charge in [0.1, 0.15) is 0 Å². The molecule has 0 bridgehead atoms. The smallest absolute Gasteiger partial charge is 0.243 e. The molecule has 31 heavy (non-hydrogen) atoms. The molecule has 0 amide bonds. The Bertz CT molecular complexity index is 1110. The van der Waals surface area contributed by atoms with Crippen LogP contribution < -0.4 is 0 Å². The van der Waals surface area contributed by atoms with Gasteiger partial charge in [0.15, 0.2) is 0 Å². The maximum atomic E-state index is 13.0. The fourth-order valence-corrected chi connectivity index (χ4v) is 4.95. The van der Waals surface area contributed by atoms with E-state index in [4.69, 9.17) is 4.52 Å². The maximum Gasteiger partial charge on any atom is 0.243 e. The zero-order valence-electron chi connectivity index (χ0n) is 18.0. The number of sulfonamides is 1. The Hall–Kier alpha value is -2.62. The molecule has 3 heterocycles. The SMILES string of the molecule is CC(C)(C)c1ccc(S(=O)(=O)N2CCN(Cc3nc(-c4cccnc4)no3)CC2)cc1. The van der Waals surface area contributed by atoms with Crippen LogP contribution in [0.5, 0.6) is 0 Å². The first-order valence-corrected chi connectivity index (χ1v) is 11.7. The van der Waals surface area contributed by atoms with Crippen LogP contribution in [0.4, 0.5) is 0 Å². The van der Waals surface area contributed by atoms with Gasteiger partial charge in [-0.2, -0.15) is 9.29 Å². The van der Waals surface area contributed by atoms with Crippen molar-refractivity contribution in [1.29, 1.82) is 0 Å². The Morgan fingerprint density at radius 3 is 2.35 bits per heavy atom. The van der Waals surface area contributed by atoms with Crippen molar-refractivity contribution >= 4 is 10.0 Å². The molecule has 0 radical (unpaired) electrons. The van der Waals surface area contributed by atoms with Crippen molar-refractivity contribution in [2.75, 3.05) is 26.2 Å². The van der Waals surface area contributed by atoms with E-state index < -0.39 is 10.0 Å². The van der Waals surface area contributed by atoms with E-state index in [0.29, 0.717) is 49.3 Å². The van der Waals surface area contributed by atoms with Crippen LogP contribution in [0.2, 0.25) is 0 Å². The molecule has 1 fully saturated rings. The zero-order chi connectivity index (χ0) is 22.1. The number of rotatable bonds is 5. The third-order valence-corrected chi connectivity index (χ3v) is 7.35. The second kappa shape index (κ2) is 8.49. The minimum Gasteiger partial charge on any atom is -0.338 e. The Kier molecular flexibility index (Phi) is 5.92. The highest BCUT2D eigenvalue weighted by Gasteiger charge is 2.29. The Balaban J connectivity index is 1.37. The maximum absolute atomic E-state index is 13.0. The molecule has 3 aromatic rings. The van der Waals surface area contributed by atoms with Gasteiger partial charge in [-0.3, -0.25) is 9.88 Å². The van der Waals surface area contributed by atoms with Crippen LogP contribution >= 0.6 is 0 Å². The molecular formula is C22H27N5O3S. The van der Waals surface area contributed by atoms with E-state index in [1.54, 1.807) is 28.8 Å². The van der Waals surface area contributed by atoms with E-state index in [0.717, 1.165) is 11.1 Å². The Labute approximate surface area is 183 Å². The van der Waals surface area contributed by atoms with Crippen LogP contribution in [0, 0.1) is 0 Å². The summed E-state index contributed by atoms with van der Waals surface area (Å²) in [6.07, 6.45) is 3.38. The fourth-order valence-electron chi connectivity index (χ4n) is 3.53. The summed E-state index contributed by atoms with van der Waals surface area (Å²) in [7, 11) is -3.50. The van der Waals surface area contributed by atoms with Gasteiger partial charge in [0.25, 0.3) is 0 Å². The number of pyridine rings is 1. The molecule has 1 aliphatic heterocycles. The summed E-state index contributed by atoms with van der Waals surface area (Å²) in [6, 6.07) is 10.9. The lowest BCUT2D eigenvalue weighted by Crippen LogP contribution is -2.48. The van der Waals surface area contributed by atoms with Crippen molar-refractivity contribution in [3.63, 3.8) is 0 Å². The molecule has 0 unspecified atom stereocenters. The molecule has 1 saturated heterocycles. The molecule has 0 atom stereocenters. The first-order chi connectivity index (χ1) is 14.7. The van der Waals surface area contributed by atoms with Crippen molar-refractivity contribution in [2.45, 2.75) is 37.6 Å². The monoisotopic (exact) mass is 441 g/mol. The second-order valence-electron chi connectivity index (χ2n) is 8.71. The number of hydrogen-bond acceptors (Lipinski definition) is 7. The fraction of sp³-hybridized carbons (Fsp3) is 0.409. The summed E-state index contributed by atoms with van der Waals surface area (Å²) in [6.45, 7) is 8.87. The van der Waals surface area contributed by atoms with E-state index in [1.165, 1.54) is 0 Å². The standard InChI is InChI=1S/C22H27N5O3S/c1-22(2,3)18-6-8-19(9-7-18)31(28,29)27-13-11-26(12-14-27)16-20-24-21(25-30-20)17-5-4-10-23-15-17/h4-10,15H,11-14,16H2,1-3H3. The number of aromatic nitrogens is 3. The summed E-state index contributed by atoms with van der Waals surface area (Å²) in [5, 5.41) is 4.01. The summed E-state index contributed by atoms with van der Waals surface area (Å²) in [5.41, 5.74) is 1.90.